The van der Waals surface area contributed by atoms with E-state index in [0.29, 0.717) is 30.8 Å². The molecule has 0 saturated carbocycles. The molecule has 3 aromatic carbocycles. The number of nitrogens with one attached hydrogen (secondary N) is 1. The van der Waals surface area contributed by atoms with Crippen molar-refractivity contribution in [2.75, 3.05) is 30.8 Å². The number of aryl methyl sites for hydroxylation is 1. The quantitative estimate of drug-likeness (QED) is 0.253. The molecule has 0 aliphatic heterocycles. The molecule has 0 fully saturated rings. The third-order valence-electron chi connectivity index (χ3n) is 7.09. The van der Waals surface area contributed by atoms with Crippen molar-refractivity contribution in [2.45, 2.75) is 58.5 Å². The van der Waals surface area contributed by atoms with Crippen LogP contribution in [0, 0.1) is 0 Å². The van der Waals surface area contributed by atoms with Gasteiger partial charge in [-0.1, -0.05) is 68.4 Å². The summed E-state index contributed by atoms with van der Waals surface area (Å²) >= 11 is 0. The van der Waals surface area contributed by atoms with Crippen molar-refractivity contribution < 1.29 is 22.7 Å². The molecule has 0 spiro atoms. The molecule has 1 N–H and O–H groups in total. The van der Waals surface area contributed by atoms with Crippen LogP contribution in [0.3, 0.4) is 0 Å². The van der Waals surface area contributed by atoms with Gasteiger partial charge in [-0.2, -0.15) is 0 Å². The van der Waals surface area contributed by atoms with Gasteiger partial charge in [0, 0.05) is 32.5 Å². The third-order valence-corrected chi connectivity index (χ3v) is 8.29. The average Bonchev–Trinajstić information content (AvgIpc) is 2.99. The standard InChI is InChI=1S/C33H43N3O5S/c1-5-21-34-33(38)31(24-27-12-8-7-9-13-27)35(25-28-14-10-15-30(23-28)41-3)32(37)16-11-22-36(42(4,39)40)29-19-17-26(6-2)18-20-29/h7-10,12-15,17-20,23,31H,5-6,11,16,21-22,24-25H2,1-4H3,(H,34,38)/t31-/m0/s1. The Hall–Kier alpha value is -3.85. The normalized spacial score (nSPS) is 11.9. The molecule has 9 heteroatoms. The Labute approximate surface area is 250 Å². The number of methoxy groups -OCH3 is 1. The Morgan fingerprint density at radius 2 is 1.60 bits per heavy atom. The minimum atomic E-state index is -3.56. The maximum absolute atomic E-state index is 13.9. The second kappa shape index (κ2) is 16.0. The van der Waals surface area contributed by atoms with Gasteiger partial charge in [0.05, 0.1) is 19.1 Å². The van der Waals surface area contributed by atoms with Crippen LogP contribution in [0.5, 0.6) is 5.75 Å². The highest BCUT2D eigenvalue weighted by Crippen LogP contribution is 2.22. The summed E-state index contributed by atoms with van der Waals surface area (Å²) in [5, 5.41) is 2.98. The molecule has 2 amide bonds. The van der Waals surface area contributed by atoms with Crippen LogP contribution in [-0.4, -0.2) is 57.6 Å². The van der Waals surface area contributed by atoms with E-state index >= 15 is 0 Å². The fourth-order valence-electron chi connectivity index (χ4n) is 4.79. The van der Waals surface area contributed by atoms with Crippen LogP contribution in [0.15, 0.2) is 78.9 Å². The van der Waals surface area contributed by atoms with Crippen LogP contribution in [0.4, 0.5) is 5.69 Å². The molecule has 0 radical (unpaired) electrons. The summed E-state index contributed by atoms with van der Waals surface area (Å²) in [5.41, 5.74) is 3.45. The molecule has 0 bridgehead atoms. The van der Waals surface area contributed by atoms with E-state index in [2.05, 4.69) is 5.32 Å². The maximum atomic E-state index is 13.9. The molecule has 3 aromatic rings. The highest BCUT2D eigenvalue weighted by atomic mass is 32.2. The summed E-state index contributed by atoms with van der Waals surface area (Å²) in [6.07, 6.45) is 3.53. The van der Waals surface area contributed by atoms with Gasteiger partial charge < -0.3 is 15.0 Å². The van der Waals surface area contributed by atoms with E-state index in [0.717, 1.165) is 29.5 Å². The van der Waals surface area contributed by atoms with Crippen molar-refractivity contribution in [1.29, 1.82) is 0 Å². The zero-order valence-electron chi connectivity index (χ0n) is 25.1. The van der Waals surface area contributed by atoms with Gasteiger partial charge in [-0.3, -0.25) is 13.9 Å². The van der Waals surface area contributed by atoms with Gasteiger partial charge >= 0.3 is 0 Å². The summed E-state index contributed by atoms with van der Waals surface area (Å²) < 4.78 is 32.1. The van der Waals surface area contributed by atoms with Crippen molar-refractivity contribution in [3.05, 3.63) is 95.6 Å². The number of carbonyl (C=O) groups excluding carboxylic acids is 2. The topological polar surface area (TPSA) is 96.0 Å². The molecule has 0 unspecified atom stereocenters. The van der Waals surface area contributed by atoms with Crippen molar-refractivity contribution in [2.24, 2.45) is 0 Å². The van der Waals surface area contributed by atoms with Crippen molar-refractivity contribution in [1.82, 2.24) is 10.2 Å². The average molecular weight is 594 g/mol. The highest BCUT2D eigenvalue weighted by Gasteiger charge is 2.30. The first kappa shape index (κ1) is 32.7. The van der Waals surface area contributed by atoms with E-state index < -0.39 is 16.1 Å². The lowest BCUT2D eigenvalue weighted by molar-refractivity contribution is -0.141. The SMILES string of the molecule is CCCNC(=O)[C@H](Cc1ccccc1)N(Cc1cccc(OC)c1)C(=O)CCCN(c1ccc(CC)cc1)S(C)(=O)=O. The zero-order valence-corrected chi connectivity index (χ0v) is 25.9. The molecule has 1 atom stereocenters. The lowest BCUT2D eigenvalue weighted by Crippen LogP contribution is -2.50. The van der Waals surface area contributed by atoms with Crippen LogP contribution >= 0.6 is 0 Å². The van der Waals surface area contributed by atoms with Crippen LogP contribution < -0.4 is 14.4 Å². The number of carbonyl (C=O) groups is 2. The number of rotatable bonds is 16. The minimum Gasteiger partial charge on any atom is -0.497 e. The van der Waals surface area contributed by atoms with Gasteiger partial charge in [-0.15, -0.1) is 0 Å². The summed E-state index contributed by atoms with van der Waals surface area (Å²) in [4.78, 5) is 29.0. The maximum Gasteiger partial charge on any atom is 0.243 e. The molecular formula is C33H43N3O5S. The van der Waals surface area contributed by atoms with Gasteiger partial charge in [0.2, 0.25) is 21.8 Å². The van der Waals surface area contributed by atoms with Gasteiger partial charge in [-0.25, -0.2) is 8.42 Å². The van der Waals surface area contributed by atoms with E-state index in [1.165, 1.54) is 10.6 Å². The smallest absolute Gasteiger partial charge is 0.243 e. The van der Waals surface area contributed by atoms with E-state index in [9.17, 15) is 18.0 Å². The lowest BCUT2D eigenvalue weighted by Gasteiger charge is -2.32. The number of nitrogens with zero attached hydrogens (tertiary/aromatic N) is 2. The van der Waals surface area contributed by atoms with Crippen molar-refractivity contribution >= 4 is 27.5 Å². The Bertz CT molecular complexity index is 1390. The largest absolute Gasteiger partial charge is 0.497 e. The zero-order chi connectivity index (χ0) is 30.5. The van der Waals surface area contributed by atoms with Crippen molar-refractivity contribution in [3.8, 4) is 5.75 Å². The molecule has 0 aromatic heterocycles. The molecule has 3 rings (SSSR count). The highest BCUT2D eigenvalue weighted by molar-refractivity contribution is 7.92. The number of hydrogen-bond acceptors (Lipinski definition) is 5. The predicted octanol–water partition coefficient (Wildman–Crippen LogP) is 4.97. The number of hydrogen-bond donors (Lipinski definition) is 1. The molecule has 8 nitrogen and oxygen atoms in total. The Morgan fingerprint density at radius 3 is 2.21 bits per heavy atom. The third kappa shape index (κ3) is 9.62. The van der Waals surface area contributed by atoms with Crippen LogP contribution in [0.25, 0.3) is 0 Å². The van der Waals surface area contributed by atoms with Gasteiger partial charge in [0.1, 0.15) is 11.8 Å². The minimum absolute atomic E-state index is 0.0787. The van der Waals surface area contributed by atoms with Crippen LogP contribution in [0.1, 0.15) is 49.8 Å². The number of amides is 2. The molecule has 0 aliphatic rings. The summed E-state index contributed by atoms with van der Waals surface area (Å²) in [7, 11) is -1.98. The van der Waals surface area contributed by atoms with Gasteiger partial charge in [-0.05, 0) is 60.2 Å². The monoisotopic (exact) mass is 593 g/mol. The molecule has 0 saturated heterocycles. The Balaban J connectivity index is 1.87. The van der Waals surface area contributed by atoms with Gasteiger partial charge in [0.15, 0.2) is 0 Å². The molecule has 42 heavy (non-hydrogen) atoms. The Morgan fingerprint density at radius 1 is 0.905 bits per heavy atom. The van der Waals surface area contributed by atoms with E-state index in [-0.39, 0.29) is 31.3 Å². The predicted molar refractivity (Wildman–Crippen MR) is 168 cm³/mol. The lowest BCUT2D eigenvalue weighted by atomic mass is 10.0. The second-order valence-electron chi connectivity index (χ2n) is 10.3. The molecule has 0 heterocycles. The summed E-state index contributed by atoms with van der Waals surface area (Å²) in [6, 6.07) is 23.8. The van der Waals surface area contributed by atoms with E-state index in [1.807, 2.05) is 80.6 Å². The first-order valence-electron chi connectivity index (χ1n) is 14.5. The van der Waals surface area contributed by atoms with Crippen LogP contribution in [-0.2, 0) is 39.0 Å². The summed E-state index contributed by atoms with van der Waals surface area (Å²) in [6.45, 7) is 4.88. The van der Waals surface area contributed by atoms with Crippen molar-refractivity contribution in [3.63, 3.8) is 0 Å². The van der Waals surface area contributed by atoms with Crippen LogP contribution in [0.2, 0.25) is 0 Å². The Kier molecular flexibility index (Phi) is 12.4. The summed E-state index contributed by atoms with van der Waals surface area (Å²) in [5.74, 6) is 0.221. The number of benzene rings is 3. The van der Waals surface area contributed by atoms with E-state index in [1.54, 1.807) is 24.1 Å². The number of anilines is 1. The molecule has 0 aliphatic carbocycles. The van der Waals surface area contributed by atoms with Gasteiger partial charge in [0.25, 0.3) is 0 Å². The fraction of sp³-hybridized carbons (Fsp3) is 0.394. The molecule has 226 valence electrons. The fourth-order valence-corrected chi connectivity index (χ4v) is 5.75. The molecular weight excluding hydrogens is 550 g/mol. The first-order chi connectivity index (χ1) is 20.2. The first-order valence-corrected chi connectivity index (χ1v) is 16.3. The second-order valence-corrected chi connectivity index (χ2v) is 12.2. The number of sulfonamides is 1. The van der Waals surface area contributed by atoms with E-state index in [4.69, 9.17) is 4.74 Å². The number of ether oxygens (including phenoxy) is 1.